The Morgan fingerprint density at radius 2 is 2.55 bits per heavy atom. The van der Waals surface area contributed by atoms with E-state index in [4.69, 9.17) is 15.6 Å². The molecule has 0 aromatic heterocycles. The summed E-state index contributed by atoms with van der Waals surface area (Å²) in [5.74, 6) is -0.571. The van der Waals surface area contributed by atoms with Crippen LogP contribution in [0.25, 0.3) is 0 Å². The fraction of sp³-hybridized carbons (Fsp3) is 0.857. The smallest absolute Gasteiger partial charge is 0.320 e. The number of rotatable bonds is 3. The van der Waals surface area contributed by atoms with Crippen LogP contribution >= 0.6 is 0 Å². The SMILES string of the molecule is N[C@H](CC1CCOC1)C(=O)O. The highest BCUT2D eigenvalue weighted by Crippen LogP contribution is 2.17. The molecule has 1 fully saturated rings. The summed E-state index contributed by atoms with van der Waals surface area (Å²) in [6.45, 7) is 1.41. The normalized spacial score (nSPS) is 26.8. The summed E-state index contributed by atoms with van der Waals surface area (Å²) in [4.78, 5) is 10.3. The quantitative estimate of drug-likeness (QED) is 0.599. The maximum atomic E-state index is 10.3. The van der Waals surface area contributed by atoms with Gasteiger partial charge in [0.05, 0.1) is 0 Å². The molecule has 4 heteroatoms. The Morgan fingerprint density at radius 3 is 3.00 bits per heavy atom. The van der Waals surface area contributed by atoms with E-state index in [0.29, 0.717) is 18.9 Å². The molecule has 0 bridgehead atoms. The molecule has 0 aromatic rings. The highest BCUT2D eigenvalue weighted by Gasteiger charge is 2.21. The van der Waals surface area contributed by atoms with Gasteiger partial charge in [-0.3, -0.25) is 4.79 Å². The fourth-order valence-corrected chi connectivity index (χ4v) is 1.23. The van der Waals surface area contributed by atoms with Crippen molar-refractivity contribution >= 4 is 5.97 Å². The first-order chi connectivity index (χ1) is 5.20. The van der Waals surface area contributed by atoms with Crippen molar-refractivity contribution in [3.05, 3.63) is 0 Å². The van der Waals surface area contributed by atoms with Gasteiger partial charge in [-0.15, -0.1) is 0 Å². The first-order valence-electron chi connectivity index (χ1n) is 3.76. The third kappa shape index (κ3) is 2.48. The molecule has 4 nitrogen and oxygen atoms in total. The van der Waals surface area contributed by atoms with Crippen molar-refractivity contribution in [2.24, 2.45) is 11.7 Å². The molecule has 11 heavy (non-hydrogen) atoms. The first kappa shape index (κ1) is 8.49. The molecule has 1 unspecified atom stereocenters. The van der Waals surface area contributed by atoms with Crippen molar-refractivity contribution in [1.29, 1.82) is 0 Å². The molecule has 64 valence electrons. The van der Waals surface area contributed by atoms with Gasteiger partial charge in [0.15, 0.2) is 0 Å². The van der Waals surface area contributed by atoms with Gasteiger partial charge < -0.3 is 15.6 Å². The Kier molecular flexibility index (Phi) is 2.84. The molecule has 1 aliphatic rings. The third-order valence-corrected chi connectivity index (χ3v) is 1.93. The van der Waals surface area contributed by atoms with E-state index in [1.807, 2.05) is 0 Å². The number of hydrogen-bond acceptors (Lipinski definition) is 3. The van der Waals surface area contributed by atoms with Gasteiger partial charge in [-0.2, -0.15) is 0 Å². The predicted molar refractivity (Wildman–Crippen MR) is 39.2 cm³/mol. The Balaban J connectivity index is 2.23. The van der Waals surface area contributed by atoms with Gasteiger partial charge in [0.2, 0.25) is 0 Å². The van der Waals surface area contributed by atoms with Gasteiger partial charge in [0, 0.05) is 13.2 Å². The number of carbonyl (C=O) groups is 1. The molecule has 0 aliphatic carbocycles. The molecule has 0 radical (unpaired) electrons. The van der Waals surface area contributed by atoms with E-state index in [1.165, 1.54) is 0 Å². The van der Waals surface area contributed by atoms with Crippen LogP contribution < -0.4 is 5.73 Å². The van der Waals surface area contributed by atoms with Crippen LogP contribution in [0.3, 0.4) is 0 Å². The molecule has 0 aromatic carbocycles. The van der Waals surface area contributed by atoms with E-state index >= 15 is 0 Å². The molecule has 0 saturated carbocycles. The number of carboxylic acids is 1. The lowest BCUT2D eigenvalue weighted by atomic mass is 10.00. The highest BCUT2D eigenvalue weighted by molar-refractivity contribution is 5.73. The predicted octanol–water partition coefficient (Wildman–Crippen LogP) is -0.175. The number of hydrogen-bond donors (Lipinski definition) is 2. The Morgan fingerprint density at radius 1 is 1.82 bits per heavy atom. The van der Waals surface area contributed by atoms with Gasteiger partial charge in [0.1, 0.15) is 6.04 Å². The Labute approximate surface area is 65.3 Å². The van der Waals surface area contributed by atoms with E-state index in [9.17, 15) is 4.79 Å². The molecule has 1 heterocycles. The molecular weight excluding hydrogens is 146 g/mol. The van der Waals surface area contributed by atoms with Gasteiger partial charge in [0.25, 0.3) is 0 Å². The van der Waals surface area contributed by atoms with Gasteiger partial charge in [-0.25, -0.2) is 0 Å². The van der Waals surface area contributed by atoms with E-state index in [1.54, 1.807) is 0 Å². The second-order valence-electron chi connectivity index (χ2n) is 2.91. The van der Waals surface area contributed by atoms with Crippen molar-refractivity contribution in [1.82, 2.24) is 0 Å². The van der Waals surface area contributed by atoms with Crippen LogP contribution in [0.5, 0.6) is 0 Å². The van der Waals surface area contributed by atoms with Crippen LogP contribution in [-0.2, 0) is 9.53 Å². The van der Waals surface area contributed by atoms with Crippen LogP contribution in [0.1, 0.15) is 12.8 Å². The van der Waals surface area contributed by atoms with E-state index in [2.05, 4.69) is 0 Å². The van der Waals surface area contributed by atoms with Crippen LogP contribution in [0.15, 0.2) is 0 Å². The minimum absolute atomic E-state index is 0.348. The molecule has 1 aliphatic heterocycles. The number of carboxylic acid groups (broad SMARTS) is 1. The molecule has 0 spiro atoms. The fourth-order valence-electron chi connectivity index (χ4n) is 1.23. The molecule has 3 N–H and O–H groups in total. The van der Waals surface area contributed by atoms with Crippen molar-refractivity contribution in [2.75, 3.05) is 13.2 Å². The van der Waals surface area contributed by atoms with Crippen molar-refractivity contribution in [3.63, 3.8) is 0 Å². The zero-order valence-electron chi connectivity index (χ0n) is 6.32. The average Bonchev–Trinajstić information content (AvgIpc) is 2.39. The minimum Gasteiger partial charge on any atom is -0.480 e. The summed E-state index contributed by atoms with van der Waals surface area (Å²) < 4.78 is 5.09. The topological polar surface area (TPSA) is 72.5 Å². The summed E-state index contributed by atoms with van der Waals surface area (Å²) in [6.07, 6.45) is 1.48. The lowest BCUT2D eigenvalue weighted by molar-refractivity contribution is -0.138. The number of ether oxygens (including phenoxy) is 1. The van der Waals surface area contributed by atoms with Crippen LogP contribution in [0.2, 0.25) is 0 Å². The summed E-state index contributed by atoms with van der Waals surface area (Å²) in [5, 5.41) is 8.48. The Bertz CT molecular complexity index is 143. The van der Waals surface area contributed by atoms with Crippen molar-refractivity contribution in [3.8, 4) is 0 Å². The zero-order valence-corrected chi connectivity index (χ0v) is 6.32. The largest absolute Gasteiger partial charge is 0.480 e. The van der Waals surface area contributed by atoms with E-state index < -0.39 is 12.0 Å². The molecule has 1 saturated heterocycles. The first-order valence-corrected chi connectivity index (χ1v) is 3.76. The van der Waals surface area contributed by atoms with Gasteiger partial charge in [-0.05, 0) is 18.8 Å². The summed E-state index contributed by atoms with van der Waals surface area (Å²) in [5.41, 5.74) is 5.34. The molecule has 0 amide bonds. The maximum Gasteiger partial charge on any atom is 0.320 e. The molecule has 2 atom stereocenters. The summed E-state index contributed by atoms with van der Waals surface area (Å²) >= 11 is 0. The zero-order chi connectivity index (χ0) is 8.27. The van der Waals surface area contributed by atoms with E-state index in [-0.39, 0.29) is 0 Å². The average molecular weight is 159 g/mol. The van der Waals surface area contributed by atoms with Gasteiger partial charge >= 0.3 is 5.97 Å². The van der Waals surface area contributed by atoms with Crippen LogP contribution in [0, 0.1) is 5.92 Å². The number of aliphatic carboxylic acids is 1. The highest BCUT2D eigenvalue weighted by atomic mass is 16.5. The summed E-state index contributed by atoms with van der Waals surface area (Å²) in [7, 11) is 0. The monoisotopic (exact) mass is 159 g/mol. The standard InChI is InChI=1S/C7H13NO3/c8-6(7(9)10)3-5-1-2-11-4-5/h5-6H,1-4,8H2,(H,9,10)/t5?,6-/m1/s1. The third-order valence-electron chi connectivity index (χ3n) is 1.93. The lowest BCUT2D eigenvalue weighted by Crippen LogP contribution is -2.32. The lowest BCUT2D eigenvalue weighted by Gasteiger charge is -2.10. The summed E-state index contributed by atoms with van der Waals surface area (Å²) in [6, 6.07) is -0.721. The maximum absolute atomic E-state index is 10.3. The van der Waals surface area contributed by atoms with Crippen LogP contribution in [-0.4, -0.2) is 30.3 Å². The molecular formula is C7H13NO3. The van der Waals surface area contributed by atoms with Gasteiger partial charge in [-0.1, -0.05) is 0 Å². The minimum atomic E-state index is -0.920. The van der Waals surface area contributed by atoms with Crippen LogP contribution in [0.4, 0.5) is 0 Å². The molecule has 1 rings (SSSR count). The van der Waals surface area contributed by atoms with E-state index in [0.717, 1.165) is 13.0 Å². The second kappa shape index (κ2) is 3.69. The van der Waals surface area contributed by atoms with Crippen molar-refractivity contribution in [2.45, 2.75) is 18.9 Å². The second-order valence-corrected chi connectivity index (χ2v) is 2.91. The van der Waals surface area contributed by atoms with Crippen molar-refractivity contribution < 1.29 is 14.6 Å². The number of nitrogens with two attached hydrogens (primary N) is 1. The Hall–Kier alpha value is -0.610.